The molecule has 1 atom stereocenters. The number of nitrogens with one attached hydrogen (secondary N) is 2. The van der Waals surface area contributed by atoms with Gasteiger partial charge in [-0.2, -0.15) is 0 Å². The third-order valence-electron chi connectivity index (χ3n) is 5.52. The van der Waals surface area contributed by atoms with Crippen LogP contribution in [0.3, 0.4) is 0 Å². The fourth-order valence-electron chi connectivity index (χ4n) is 4.14. The molecule has 2 fully saturated rings. The lowest BCUT2D eigenvalue weighted by Crippen LogP contribution is -2.54. The van der Waals surface area contributed by atoms with Crippen molar-refractivity contribution in [3.8, 4) is 0 Å². The molecular formula is C19H22N4O4. The van der Waals surface area contributed by atoms with Crippen LogP contribution < -0.4 is 15.5 Å². The van der Waals surface area contributed by atoms with Gasteiger partial charge in [0.05, 0.1) is 11.1 Å². The molecule has 2 saturated heterocycles. The predicted molar refractivity (Wildman–Crippen MR) is 97.6 cm³/mol. The first-order valence-electron chi connectivity index (χ1n) is 9.30. The van der Waals surface area contributed by atoms with Crippen molar-refractivity contribution in [1.82, 2.24) is 15.5 Å². The van der Waals surface area contributed by atoms with E-state index in [0.29, 0.717) is 11.1 Å². The monoisotopic (exact) mass is 370 g/mol. The van der Waals surface area contributed by atoms with Gasteiger partial charge in [0.2, 0.25) is 11.8 Å². The van der Waals surface area contributed by atoms with Crippen molar-refractivity contribution in [2.45, 2.75) is 32.2 Å². The Kier molecular flexibility index (Phi) is 4.43. The van der Waals surface area contributed by atoms with Crippen molar-refractivity contribution in [3.63, 3.8) is 0 Å². The molecule has 0 bridgehead atoms. The zero-order valence-electron chi connectivity index (χ0n) is 15.2. The molecule has 0 saturated carbocycles. The first-order valence-corrected chi connectivity index (χ1v) is 9.30. The van der Waals surface area contributed by atoms with E-state index in [4.69, 9.17) is 0 Å². The third kappa shape index (κ3) is 2.90. The van der Waals surface area contributed by atoms with Crippen LogP contribution in [0.5, 0.6) is 0 Å². The molecule has 0 aliphatic carbocycles. The number of hydrogen-bond acceptors (Lipinski definition) is 6. The molecule has 3 aliphatic heterocycles. The maximum atomic E-state index is 13.1. The molecule has 142 valence electrons. The van der Waals surface area contributed by atoms with E-state index in [1.54, 1.807) is 6.07 Å². The summed E-state index contributed by atoms with van der Waals surface area (Å²) < 4.78 is 0. The van der Waals surface area contributed by atoms with Crippen LogP contribution in [0.1, 0.15) is 45.5 Å². The molecule has 2 N–H and O–H groups in total. The number of carbonyl (C=O) groups excluding carboxylic acids is 4. The highest BCUT2D eigenvalue weighted by Crippen LogP contribution is 2.34. The largest absolute Gasteiger partial charge is 0.370 e. The van der Waals surface area contributed by atoms with Crippen LogP contribution in [-0.2, 0) is 9.59 Å². The summed E-state index contributed by atoms with van der Waals surface area (Å²) in [5.74, 6) is -1.87. The second kappa shape index (κ2) is 6.77. The summed E-state index contributed by atoms with van der Waals surface area (Å²) in [5, 5.41) is 5.57. The molecule has 27 heavy (non-hydrogen) atoms. The molecule has 8 nitrogen and oxygen atoms in total. The number of rotatable bonds is 2. The molecule has 1 aromatic rings. The molecule has 0 aromatic heterocycles. The number of anilines is 1. The first-order chi connectivity index (χ1) is 13.0. The lowest BCUT2D eigenvalue weighted by molar-refractivity contribution is -0.136. The number of amides is 4. The van der Waals surface area contributed by atoms with Crippen LogP contribution >= 0.6 is 0 Å². The summed E-state index contributed by atoms with van der Waals surface area (Å²) in [7, 11) is 0. The molecule has 1 unspecified atom stereocenters. The van der Waals surface area contributed by atoms with Crippen LogP contribution in [0.2, 0.25) is 0 Å². The van der Waals surface area contributed by atoms with Crippen molar-refractivity contribution < 1.29 is 19.2 Å². The average molecular weight is 370 g/mol. The lowest BCUT2D eigenvalue weighted by Gasteiger charge is -2.28. The second-order valence-corrected chi connectivity index (χ2v) is 7.17. The quantitative estimate of drug-likeness (QED) is 0.722. The van der Waals surface area contributed by atoms with Crippen molar-refractivity contribution in [2.24, 2.45) is 0 Å². The summed E-state index contributed by atoms with van der Waals surface area (Å²) in [4.78, 5) is 52.7. The van der Waals surface area contributed by atoms with Gasteiger partial charge in [0.15, 0.2) is 0 Å². The van der Waals surface area contributed by atoms with E-state index in [9.17, 15) is 19.2 Å². The van der Waals surface area contributed by atoms with E-state index in [-0.39, 0.29) is 18.7 Å². The molecule has 8 heteroatoms. The van der Waals surface area contributed by atoms with E-state index >= 15 is 0 Å². The number of imide groups is 2. The SMILES string of the molecule is Cc1c(N2CCCNCC2)ccc2c1C(=O)N(C1CCC(=O)NC1=O)C2=O. The number of hydrogen-bond donors (Lipinski definition) is 2. The molecule has 0 spiro atoms. The fraction of sp³-hybridized carbons (Fsp3) is 0.474. The van der Waals surface area contributed by atoms with E-state index in [2.05, 4.69) is 15.5 Å². The molecule has 4 amide bonds. The van der Waals surface area contributed by atoms with E-state index in [0.717, 1.165) is 48.8 Å². The zero-order chi connectivity index (χ0) is 19.1. The third-order valence-corrected chi connectivity index (χ3v) is 5.52. The number of fused-ring (bicyclic) bond motifs is 1. The number of nitrogens with zero attached hydrogens (tertiary/aromatic N) is 2. The van der Waals surface area contributed by atoms with Gasteiger partial charge in [0.1, 0.15) is 6.04 Å². The predicted octanol–water partition coefficient (Wildman–Crippen LogP) is 0.196. The molecular weight excluding hydrogens is 348 g/mol. The lowest BCUT2D eigenvalue weighted by atomic mass is 10.0. The summed E-state index contributed by atoms with van der Waals surface area (Å²) in [6.07, 6.45) is 1.29. The minimum atomic E-state index is -0.930. The normalized spacial score (nSPS) is 23.4. The molecule has 3 heterocycles. The van der Waals surface area contributed by atoms with Gasteiger partial charge in [0, 0.05) is 31.7 Å². The van der Waals surface area contributed by atoms with Crippen molar-refractivity contribution >= 4 is 29.3 Å². The van der Waals surface area contributed by atoms with Gasteiger partial charge in [-0.05, 0) is 44.0 Å². The molecule has 4 rings (SSSR count). The topological polar surface area (TPSA) is 98.8 Å². The Hall–Kier alpha value is -2.74. The highest BCUT2D eigenvalue weighted by atomic mass is 16.2. The van der Waals surface area contributed by atoms with Gasteiger partial charge in [-0.3, -0.25) is 29.4 Å². The Balaban J connectivity index is 1.68. The number of benzene rings is 1. The highest BCUT2D eigenvalue weighted by Gasteiger charge is 2.45. The van der Waals surface area contributed by atoms with Gasteiger partial charge < -0.3 is 10.2 Å². The van der Waals surface area contributed by atoms with Gasteiger partial charge in [-0.1, -0.05) is 0 Å². The minimum absolute atomic E-state index is 0.120. The summed E-state index contributed by atoms with van der Waals surface area (Å²) >= 11 is 0. The Morgan fingerprint density at radius 2 is 1.85 bits per heavy atom. The van der Waals surface area contributed by atoms with Crippen LogP contribution in [-0.4, -0.2) is 60.7 Å². The van der Waals surface area contributed by atoms with Crippen LogP contribution in [0, 0.1) is 6.92 Å². The molecule has 3 aliphatic rings. The van der Waals surface area contributed by atoms with E-state index in [1.807, 2.05) is 13.0 Å². The Bertz CT molecular complexity index is 842. The van der Waals surface area contributed by atoms with Crippen molar-refractivity contribution in [2.75, 3.05) is 31.1 Å². The van der Waals surface area contributed by atoms with Gasteiger partial charge in [-0.15, -0.1) is 0 Å². The van der Waals surface area contributed by atoms with Gasteiger partial charge in [-0.25, -0.2) is 0 Å². The smallest absolute Gasteiger partial charge is 0.262 e. The van der Waals surface area contributed by atoms with Crippen LogP contribution in [0.15, 0.2) is 12.1 Å². The van der Waals surface area contributed by atoms with Crippen molar-refractivity contribution in [3.05, 3.63) is 28.8 Å². The second-order valence-electron chi connectivity index (χ2n) is 7.17. The number of carbonyl (C=O) groups is 4. The standard InChI is InChI=1S/C19H22N4O4/c1-11-13(22-9-2-7-20-8-10-22)4-3-12-16(11)19(27)23(18(12)26)14-5-6-15(24)21-17(14)25/h3-4,14,20H,2,5-10H2,1H3,(H,21,24,25). The maximum absolute atomic E-state index is 13.1. The van der Waals surface area contributed by atoms with Gasteiger partial charge >= 0.3 is 0 Å². The highest BCUT2D eigenvalue weighted by molar-refractivity contribution is 6.24. The number of piperidine rings is 1. The Morgan fingerprint density at radius 1 is 1.04 bits per heavy atom. The maximum Gasteiger partial charge on any atom is 0.262 e. The molecule has 1 aromatic carbocycles. The first kappa shape index (κ1) is 17.7. The average Bonchev–Trinajstić information content (AvgIpc) is 2.82. The van der Waals surface area contributed by atoms with E-state index in [1.165, 1.54) is 0 Å². The Morgan fingerprint density at radius 3 is 2.63 bits per heavy atom. The summed E-state index contributed by atoms with van der Waals surface area (Å²) in [6, 6.07) is 2.64. The minimum Gasteiger partial charge on any atom is -0.370 e. The fourth-order valence-corrected chi connectivity index (χ4v) is 4.14. The van der Waals surface area contributed by atoms with Crippen LogP contribution in [0.25, 0.3) is 0 Å². The summed E-state index contributed by atoms with van der Waals surface area (Å²) in [5.41, 5.74) is 2.42. The summed E-state index contributed by atoms with van der Waals surface area (Å²) in [6.45, 7) is 5.39. The Labute approximate surface area is 156 Å². The molecule has 0 radical (unpaired) electrons. The van der Waals surface area contributed by atoms with Crippen LogP contribution in [0.4, 0.5) is 5.69 Å². The van der Waals surface area contributed by atoms with Crippen molar-refractivity contribution in [1.29, 1.82) is 0 Å². The zero-order valence-corrected chi connectivity index (χ0v) is 15.2. The van der Waals surface area contributed by atoms with Gasteiger partial charge in [0.25, 0.3) is 11.8 Å². The van der Waals surface area contributed by atoms with E-state index < -0.39 is 23.8 Å².